The lowest BCUT2D eigenvalue weighted by molar-refractivity contribution is -0.756. The van der Waals surface area contributed by atoms with Crippen LogP contribution in [0.1, 0.15) is 0 Å². The number of carboxylic acid groups (broad SMARTS) is 1. The number of nitrogens with zero attached hydrogens (tertiary/aromatic N) is 1. The van der Waals surface area contributed by atoms with Crippen LogP contribution in [0, 0.1) is 10.3 Å². The monoisotopic (exact) mass is 242 g/mol. The van der Waals surface area contributed by atoms with Crippen molar-refractivity contribution in [3.05, 3.63) is 16.3 Å². The van der Waals surface area contributed by atoms with Gasteiger partial charge in [-0.2, -0.15) is 13.2 Å². The fourth-order valence-electron chi connectivity index (χ4n) is 0.651. The molecule has 0 aromatic carbocycles. The quantitative estimate of drug-likeness (QED) is 0.479. The summed E-state index contributed by atoms with van der Waals surface area (Å²) in [7, 11) is 0.700. The molecule has 0 saturated carbocycles. The predicted molar refractivity (Wildman–Crippen MR) is 43.3 cm³/mol. The Morgan fingerprint density at radius 2 is 1.94 bits per heavy atom. The number of aliphatic carboxylic acids is 1. The molecule has 0 saturated heterocycles. The van der Waals surface area contributed by atoms with E-state index < -0.39 is 34.2 Å². The number of nitrogens with one attached hydrogen (secondary N) is 1. The molecule has 0 radical (unpaired) electrons. The van der Waals surface area contributed by atoms with Crippen molar-refractivity contribution in [1.29, 1.82) is 5.41 Å². The van der Waals surface area contributed by atoms with Gasteiger partial charge in [0.05, 0.1) is 4.91 Å². The molecular weight excluding hydrogens is 235 g/mol. The molecule has 0 unspecified atom stereocenters. The number of allylic oxidation sites excluding steroid dienone is 1. The number of halogens is 3. The second-order valence-corrected chi connectivity index (χ2v) is 2.38. The van der Waals surface area contributed by atoms with Crippen LogP contribution >= 0.6 is 0 Å². The minimum absolute atomic E-state index is 0.700. The topological polar surface area (TPSA) is 116 Å². The van der Waals surface area contributed by atoms with Crippen LogP contribution in [0.15, 0.2) is 11.4 Å². The van der Waals surface area contributed by atoms with Gasteiger partial charge in [0.25, 0.3) is 4.92 Å². The highest BCUT2D eigenvalue weighted by atomic mass is 19.4. The Kier molecular flexibility index (Phi) is 3.98. The molecule has 90 valence electrons. The van der Waals surface area contributed by atoms with Gasteiger partial charge in [-0.3, -0.25) is 5.41 Å². The van der Waals surface area contributed by atoms with Crippen LogP contribution in [0.5, 0.6) is 0 Å². The van der Waals surface area contributed by atoms with Crippen LogP contribution in [0.3, 0.4) is 0 Å². The number of carboxylic acids is 1. The van der Waals surface area contributed by atoms with Crippen molar-refractivity contribution in [3.8, 4) is 0 Å². The van der Waals surface area contributed by atoms with Gasteiger partial charge in [0.2, 0.25) is 5.71 Å². The number of carbonyl (C=O) groups is 1. The first-order chi connectivity index (χ1) is 7.12. The van der Waals surface area contributed by atoms with Gasteiger partial charge < -0.3 is 10.8 Å². The van der Waals surface area contributed by atoms with E-state index in [1.807, 2.05) is 0 Å². The molecule has 0 rings (SSSR count). The van der Waals surface area contributed by atoms with Crippen molar-refractivity contribution in [2.24, 2.45) is 5.73 Å². The van der Waals surface area contributed by atoms with Gasteiger partial charge in [0, 0.05) is 0 Å². The molecule has 0 heterocycles. The summed E-state index contributed by atoms with van der Waals surface area (Å²) in [6.45, 7) is 0. The highest BCUT2D eigenvalue weighted by Gasteiger charge is 2.45. The Morgan fingerprint density at radius 3 is 2.19 bits per heavy atom. The van der Waals surface area contributed by atoms with Crippen molar-refractivity contribution in [2.75, 3.05) is 7.11 Å². The van der Waals surface area contributed by atoms with Crippen LogP contribution in [0.2, 0.25) is 0 Å². The molecule has 0 spiro atoms. The molecule has 0 aromatic rings. The molecule has 0 atom stereocenters. The summed E-state index contributed by atoms with van der Waals surface area (Å²) < 4.78 is 36.4. The number of alkyl halides is 3. The van der Waals surface area contributed by atoms with E-state index in [2.05, 4.69) is 10.6 Å². The maximum Gasteiger partial charge on any atom is 0.437 e. The zero-order valence-corrected chi connectivity index (χ0v) is 7.83. The van der Waals surface area contributed by atoms with Gasteiger partial charge in [0.15, 0.2) is 12.8 Å². The number of nitrogens with two attached hydrogens (primary N) is 1. The van der Waals surface area contributed by atoms with E-state index in [4.69, 9.17) is 10.5 Å². The summed E-state index contributed by atoms with van der Waals surface area (Å²) in [5.41, 5.74) is -0.706. The largest absolute Gasteiger partial charge is 0.476 e. The van der Waals surface area contributed by atoms with Gasteiger partial charge in [-0.1, -0.05) is 0 Å². The third-order valence-electron chi connectivity index (χ3n) is 1.36. The van der Waals surface area contributed by atoms with E-state index in [1.54, 1.807) is 0 Å². The van der Waals surface area contributed by atoms with Gasteiger partial charge in [-0.25, -0.2) is 9.63 Å². The average Bonchev–Trinajstić information content (AvgIpc) is 2.15. The second kappa shape index (κ2) is 4.59. The Balaban J connectivity index is 5.69. The first-order valence-corrected chi connectivity index (χ1v) is 3.53. The van der Waals surface area contributed by atoms with Gasteiger partial charge in [-0.05, 0) is 0 Å². The van der Waals surface area contributed by atoms with E-state index in [0.29, 0.717) is 7.11 Å². The fraction of sp³-hybridized carbons (Fsp3) is 0.333. The zero-order valence-electron chi connectivity index (χ0n) is 7.83. The highest BCUT2D eigenvalue weighted by molar-refractivity contribution is 6.40. The van der Waals surface area contributed by atoms with Crippen LogP contribution in [-0.4, -0.2) is 35.0 Å². The van der Waals surface area contributed by atoms with Crippen LogP contribution < -0.4 is 5.73 Å². The summed E-state index contributed by atoms with van der Waals surface area (Å²) >= 11 is 0. The zero-order chi connectivity index (χ0) is 13.1. The lowest BCUT2D eigenvalue weighted by Crippen LogP contribution is -2.31. The van der Waals surface area contributed by atoms with Gasteiger partial charge in [-0.15, -0.1) is 0 Å². The van der Waals surface area contributed by atoms with E-state index >= 15 is 0 Å². The Labute approximate surface area is 86.3 Å². The molecule has 16 heavy (non-hydrogen) atoms. The fourth-order valence-corrected chi connectivity index (χ4v) is 0.651. The van der Waals surface area contributed by atoms with Crippen molar-refractivity contribution in [2.45, 2.75) is 6.18 Å². The van der Waals surface area contributed by atoms with Crippen molar-refractivity contribution < 1.29 is 32.8 Å². The summed E-state index contributed by atoms with van der Waals surface area (Å²) in [5, 5.41) is 15.1. The maximum atomic E-state index is 12.1. The lowest BCUT2D eigenvalue weighted by atomic mass is 10.2. The minimum atomic E-state index is -5.14. The summed E-state index contributed by atoms with van der Waals surface area (Å²) in [4.78, 5) is 24.1. The first kappa shape index (κ1) is 13.9. The average molecular weight is 242 g/mol. The molecule has 4 N–H and O–H groups in total. The van der Waals surface area contributed by atoms with E-state index in [1.165, 1.54) is 0 Å². The van der Waals surface area contributed by atoms with Crippen molar-refractivity contribution in [1.82, 2.24) is 0 Å². The molecular formula is C6H7F3N3O4+. The molecule has 7 nitrogen and oxygen atoms in total. The van der Waals surface area contributed by atoms with Gasteiger partial charge in [0.1, 0.15) is 0 Å². The standard InChI is InChI=1S/C6H6F3N3O4/c1-16-12(15)3(2(10)5(13)14)4(11)6(7,8)9/h1H3,(H3-,10,11,13,14,15)/p+1. The molecule has 0 bridgehead atoms. The molecule has 0 aliphatic rings. The van der Waals surface area contributed by atoms with Crippen LogP contribution in [-0.2, 0) is 9.63 Å². The molecule has 0 fully saturated rings. The summed E-state index contributed by atoms with van der Waals surface area (Å²) in [6, 6.07) is 0. The molecule has 0 aliphatic heterocycles. The van der Waals surface area contributed by atoms with Crippen LogP contribution in [0.25, 0.3) is 0 Å². The Bertz CT molecular complexity index is 374. The molecule has 0 aromatic heterocycles. The normalized spacial score (nSPS) is 12.8. The maximum absolute atomic E-state index is 12.1. The number of hydrogen-bond acceptors (Lipinski definition) is 5. The smallest absolute Gasteiger partial charge is 0.437 e. The number of rotatable bonds is 4. The highest BCUT2D eigenvalue weighted by Crippen LogP contribution is 2.25. The first-order valence-electron chi connectivity index (χ1n) is 3.53. The van der Waals surface area contributed by atoms with Gasteiger partial charge >= 0.3 is 17.8 Å². The molecule has 0 amide bonds. The van der Waals surface area contributed by atoms with Crippen molar-refractivity contribution >= 4 is 11.7 Å². The molecule has 10 heteroatoms. The molecule has 0 aliphatic carbocycles. The van der Waals surface area contributed by atoms with E-state index in [0.717, 1.165) is 0 Å². The number of hydrogen-bond donors (Lipinski definition) is 3. The third kappa shape index (κ3) is 2.93. The predicted octanol–water partition coefficient (Wildman–Crippen LogP) is 0.164. The summed E-state index contributed by atoms with van der Waals surface area (Å²) in [5.74, 6) is -2.04. The third-order valence-corrected chi connectivity index (χ3v) is 1.36. The summed E-state index contributed by atoms with van der Waals surface area (Å²) in [6.07, 6.45) is -5.14. The Morgan fingerprint density at radius 1 is 1.50 bits per heavy atom. The van der Waals surface area contributed by atoms with Crippen LogP contribution in [0.4, 0.5) is 13.2 Å². The van der Waals surface area contributed by atoms with Crippen molar-refractivity contribution in [3.63, 3.8) is 0 Å². The lowest BCUT2D eigenvalue weighted by Gasteiger charge is -2.05. The van der Waals surface area contributed by atoms with E-state index in [9.17, 15) is 22.9 Å². The SMILES string of the molecule is CO[N+](=O)/C(C(=N)C(=O)O)=C(/N)C(F)(F)F. The van der Waals surface area contributed by atoms with E-state index in [-0.39, 0.29) is 0 Å². The second-order valence-electron chi connectivity index (χ2n) is 2.38. The minimum Gasteiger partial charge on any atom is -0.476 e. The Hall–Kier alpha value is -2.13.